The van der Waals surface area contributed by atoms with Crippen molar-refractivity contribution in [2.75, 3.05) is 0 Å². The van der Waals surface area contributed by atoms with E-state index in [0.29, 0.717) is 33.0 Å². The van der Waals surface area contributed by atoms with Gasteiger partial charge in [-0.25, -0.2) is 5.43 Å². The lowest BCUT2D eigenvalue weighted by molar-refractivity contribution is -0.385. The number of hydrogen-bond donors (Lipinski definition) is 1. The van der Waals surface area contributed by atoms with Crippen LogP contribution in [0.1, 0.15) is 22.8 Å². The number of aromatic nitrogens is 3. The Morgan fingerprint density at radius 1 is 1.05 bits per heavy atom. The second kappa shape index (κ2) is 11.6. The fraction of sp³-hybridized carbons (Fsp3) is 0.0833. The number of carbonyl (C=O) groups excluding carboxylic acids is 1. The first kappa shape index (κ1) is 26.4. The standard InChI is InChI=1S/C24H18ClN7O5S/c1-2-30-22(15-5-3-7-18(25)11-15)27-29-24(30)38-21-10-9-20(32(36)37)13-17(21)14-26-28-23(33)16-6-4-8-19(12-16)31(34)35/h3-14H,2H2,1H3,(H,28,33)/b26-14-. The minimum absolute atomic E-state index is 0.0367. The van der Waals surface area contributed by atoms with Crippen LogP contribution >= 0.6 is 23.4 Å². The Bertz CT molecular complexity index is 1570. The van der Waals surface area contributed by atoms with E-state index >= 15 is 0 Å². The molecule has 4 aromatic rings. The maximum Gasteiger partial charge on any atom is 0.271 e. The summed E-state index contributed by atoms with van der Waals surface area (Å²) >= 11 is 7.35. The van der Waals surface area contributed by atoms with Crippen LogP contribution in [0, 0.1) is 20.2 Å². The molecule has 3 aromatic carbocycles. The van der Waals surface area contributed by atoms with Gasteiger partial charge < -0.3 is 4.57 Å². The van der Waals surface area contributed by atoms with Gasteiger partial charge in [0.1, 0.15) is 0 Å². The third kappa shape index (κ3) is 6.02. The lowest BCUT2D eigenvalue weighted by Gasteiger charge is -2.09. The summed E-state index contributed by atoms with van der Waals surface area (Å²) < 4.78 is 1.88. The molecule has 1 amide bonds. The number of hydrogen-bond acceptors (Lipinski definition) is 9. The van der Waals surface area contributed by atoms with E-state index in [9.17, 15) is 25.0 Å². The second-order valence-electron chi connectivity index (χ2n) is 7.65. The van der Waals surface area contributed by atoms with E-state index in [1.165, 1.54) is 48.3 Å². The van der Waals surface area contributed by atoms with Crippen molar-refractivity contribution >= 4 is 46.9 Å². The minimum Gasteiger partial charge on any atom is -0.302 e. The third-order valence-electron chi connectivity index (χ3n) is 5.21. The Labute approximate surface area is 224 Å². The molecule has 0 atom stereocenters. The van der Waals surface area contributed by atoms with Gasteiger partial charge in [0.2, 0.25) is 0 Å². The molecule has 14 heteroatoms. The zero-order valence-electron chi connectivity index (χ0n) is 19.6. The molecular weight excluding hydrogens is 534 g/mol. The molecule has 12 nitrogen and oxygen atoms in total. The van der Waals surface area contributed by atoms with E-state index < -0.39 is 15.8 Å². The lowest BCUT2D eigenvalue weighted by Crippen LogP contribution is -2.17. The number of rotatable bonds is 9. The molecule has 0 radical (unpaired) electrons. The highest BCUT2D eigenvalue weighted by atomic mass is 35.5. The topological polar surface area (TPSA) is 158 Å². The Hall–Kier alpha value is -4.62. The monoisotopic (exact) mass is 551 g/mol. The van der Waals surface area contributed by atoms with Crippen LogP contribution in [-0.4, -0.2) is 36.7 Å². The molecule has 0 spiro atoms. The zero-order valence-corrected chi connectivity index (χ0v) is 21.2. The SMILES string of the molecule is CCn1c(Sc2ccc([N+](=O)[O-])cc2/C=N\NC(=O)c2cccc([N+](=O)[O-])c2)nnc1-c1cccc(Cl)c1. The molecule has 0 aliphatic heterocycles. The molecule has 1 N–H and O–H groups in total. The number of nitro groups is 2. The van der Waals surface area contributed by atoms with Crippen molar-refractivity contribution in [1.82, 2.24) is 20.2 Å². The maximum absolute atomic E-state index is 12.4. The lowest BCUT2D eigenvalue weighted by atomic mass is 10.2. The first-order valence-corrected chi connectivity index (χ1v) is 12.2. The average molecular weight is 552 g/mol. The van der Waals surface area contributed by atoms with Gasteiger partial charge in [0.05, 0.1) is 16.1 Å². The zero-order chi connectivity index (χ0) is 27.2. The van der Waals surface area contributed by atoms with Crippen LogP contribution < -0.4 is 5.43 Å². The number of nitrogens with one attached hydrogen (secondary N) is 1. The average Bonchev–Trinajstić information content (AvgIpc) is 3.31. The van der Waals surface area contributed by atoms with Gasteiger partial charge >= 0.3 is 0 Å². The Morgan fingerprint density at radius 2 is 1.79 bits per heavy atom. The Balaban J connectivity index is 1.61. The van der Waals surface area contributed by atoms with Crippen LogP contribution in [0.2, 0.25) is 5.02 Å². The van der Waals surface area contributed by atoms with Gasteiger partial charge in [-0.05, 0) is 43.0 Å². The molecular formula is C24H18ClN7O5S. The summed E-state index contributed by atoms with van der Waals surface area (Å²) in [6.45, 7) is 2.48. The number of carbonyl (C=O) groups is 1. The highest BCUT2D eigenvalue weighted by Crippen LogP contribution is 2.33. The van der Waals surface area contributed by atoms with Crippen molar-refractivity contribution in [3.05, 3.63) is 103 Å². The molecule has 0 saturated carbocycles. The second-order valence-corrected chi connectivity index (χ2v) is 9.09. The third-order valence-corrected chi connectivity index (χ3v) is 6.52. The highest BCUT2D eigenvalue weighted by molar-refractivity contribution is 7.99. The van der Waals surface area contributed by atoms with Crippen molar-refractivity contribution in [1.29, 1.82) is 0 Å². The van der Waals surface area contributed by atoms with Gasteiger partial charge in [-0.15, -0.1) is 10.2 Å². The molecule has 0 aliphatic rings. The van der Waals surface area contributed by atoms with Crippen LogP contribution in [0.4, 0.5) is 11.4 Å². The summed E-state index contributed by atoms with van der Waals surface area (Å²) in [4.78, 5) is 34.2. The number of nitrogens with zero attached hydrogens (tertiary/aromatic N) is 6. The van der Waals surface area contributed by atoms with E-state index in [-0.39, 0.29) is 16.9 Å². The first-order chi connectivity index (χ1) is 18.3. The Morgan fingerprint density at radius 3 is 2.50 bits per heavy atom. The molecule has 0 fully saturated rings. The number of nitro benzene ring substituents is 2. The summed E-state index contributed by atoms with van der Waals surface area (Å²) in [6.07, 6.45) is 1.26. The van der Waals surface area contributed by atoms with Crippen LogP contribution in [0.15, 0.2) is 81.9 Å². The van der Waals surface area contributed by atoms with E-state index in [4.69, 9.17) is 11.6 Å². The van der Waals surface area contributed by atoms with Crippen LogP contribution in [0.5, 0.6) is 0 Å². The van der Waals surface area contributed by atoms with Crippen molar-refractivity contribution in [3.8, 4) is 11.4 Å². The summed E-state index contributed by atoms with van der Waals surface area (Å²) in [7, 11) is 0. The minimum atomic E-state index is -0.679. The molecule has 4 rings (SSSR count). The predicted octanol–water partition coefficient (Wildman–Crippen LogP) is 5.35. The smallest absolute Gasteiger partial charge is 0.271 e. The number of non-ortho nitro benzene ring substituents is 2. The van der Waals surface area contributed by atoms with E-state index in [1.807, 2.05) is 23.6 Å². The van der Waals surface area contributed by atoms with Gasteiger partial charge in [0.25, 0.3) is 17.3 Å². The van der Waals surface area contributed by atoms with Crippen LogP contribution in [0.25, 0.3) is 11.4 Å². The number of halogens is 1. The Kier molecular flexibility index (Phi) is 8.09. The highest BCUT2D eigenvalue weighted by Gasteiger charge is 2.18. The van der Waals surface area contributed by atoms with E-state index in [1.54, 1.807) is 18.2 Å². The number of benzene rings is 3. The number of amides is 1. The summed E-state index contributed by atoms with van der Waals surface area (Å²) in [5, 5.41) is 35.9. The van der Waals surface area contributed by atoms with Crippen molar-refractivity contribution in [2.45, 2.75) is 23.5 Å². The normalized spacial score (nSPS) is 11.0. The van der Waals surface area contributed by atoms with E-state index in [0.717, 1.165) is 11.6 Å². The molecule has 0 saturated heterocycles. The fourth-order valence-electron chi connectivity index (χ4n) is 3.42. The molecule has 0 unspecified atom stereocenters. The van der Waals surface area contributed by atoms with Gasteiger partial charge in [0, 0.05) is 57.4 Å². The predicted molar refractivity (Wildman–Crippen MR) is 142 cm³/mol. The van der Waals surface area contributed by atoms with Gasteiger partial charge in [-0.3, -0.25) is 25.0 Å². The molecule has 1 heterocycles. The summed E-state index contributed by atoms with van der Waals surface area (Å²) in [6, 6.07) is 16.6. The molecule has 192 valence electrons. The van der Waals surface area contributed by atoms with Crippen molar-refractivity contribution < 1.29 is 14.6 Å². The van der Waals surface area contributed by atoms with Gasteiger partial charge in [-0.2, -0.15) is 5.10 Å². The van der Waals surface area contributed by atoms with Crippen molar-refractivity contribution in [3.63, 3.8) is 0 Å². The van der Waals surface area contributed by atoms with Gasteiger partial charge in [-0.1, -0.05) is 29.8 Å². The van der Waals surface area contributed by atoms with Crippen LogP contribution in [0.3, 0.4) is 0 Å². The first-order valence-electron chi connectivity index (χ1n) is 11.0. The van der Waals surface area contributed by atoms with Crippen molar-refractivity contribution in [2.24, 2.45) is 5.10 Å². The van der Waals surface area contributed by atoms with Gasteiger partial charge in [0.15, 0.2) is 11.0 Å². The maximum atomic E-state index is 12.4. The van der Waals surface area contributed by atoms with Crippen LogP contribution in [-0.2, 0) is 6.54 Å². The molecule has 38 heavy (non-hydrogen) atoms. The summed E-state index contributed by atoms with van der Waals surface area (Å²) in [5.74, 6) is -0.0691. The summed E-state index contributed by atoms with van der Waals surface area (Å²) in [5.41, 5.74) is 3.05. The fourth-order valence-corrected chi connectivity index (χ4v) is 4.58. The quantitative estimate of drug-likeness (QED) is 0.165. The molecule has 1 aromatic heterocycles. The number of hydrazone groups is 1. The molecule has 0 aliphatic carbocycles. The molecule has 0 bridgehead atoms. The van der Waals surface area contributed by atoms with E-state index in [2.05, 4.69) is 20.7 Å². The largest absolute Gasteiger partial charge is 0.302 e.